The van der Waals surface area contributed by atoms with Crippen molar-refractivity contribution in [1.82, 2.24) is 9.80 Å². The number of para-hydroxylation sites is 1. The SMILES string of the molecule is CC(C)C(=O)N1CCC(=NOC(C)C(=O)N2CCN(c3ccccc3)CC2)CC1. The van der Waals surface area contributed by atoms with Crippen LogP contribution in [-0.4, -0.2) is 72.7 Å². The van der Waals surface area contributed by atoms with Gasteiger partial charge in [0.2, 0.25) is 12.0 Å². The van der Waals surface area contributed by atoms with Gasteiger partial charge in [-0.1, -0.05) is 37.2 Å². The Balaban J connectivity index is 1.43. The van der Waals surface area contributed by atoms with E-state index in [1.807, 2.05) is 41.8 Å². The topological polar surface area (TPSA) is 65.5 Å². The lowest BCUT2D eigenvalue weighted by Crippen LogP contribution is -2.51. The largest absolute Gasteiger partial charge is 0.383 e. The van der Waals surface area contributed by atoms with Crippen molar-refractivity contribution in [2.75, 3.05) is 44.2 Å². The molecular weight excluding hydrogens is 368 g/mol. The van der Waals surface area contributed by atoms with Gasteiger partial charge >= 0.3 is 0 Å². The molecule has 7 heteroatoms. The predicted octanol–water partition coefficient (Wildman–Crippen LogP) is 2.37. The first-order chi connectivity index (χ1) is 14.0. The second-order valence-corrected chi connectivity index (χ2v) is 8.03. The minimum Gasteiger partial charge on any atom is -0.383 e. The summed E-state index contributed by atoms with van der Waals surface area (Å²) >= 11 is 0. The van der Waals surface area contributed by atoms with Crippen LogP contribution in [0.4, 0.5) is 5.69 Å². The molecule has 1 aromatic carbocycles. The molecular formula is C22H32N4O3. The van der Waals surface area contributed by atoms with Crippen molar-refractivity contribution >= 4 is 23.2 Å². The van der Waals surface area contributed by atoms with E-state index in [0.29, 0.717) is 39.0 Å². The third-order valence-corrected chi connectivity index (χ3v) is 5.55. The number of anilines is 1. The van der Waals surface area contributed by atoms with Crippen molar-refractivity contribution in [3.05, 3.63) is 30.3 Å². The molecule has 158 valence electrons. The van der Waals surface area contributed by atoms with E-state index in [0.717, 1.165) is 18.8 Å². The second kappa shape index (κ2) is 9.76. The molecule has 0 saturated carbocycles. The van der Waals surface area contributed by atoms with Crippen molar-refractivity contribution < 1.29 is 14.4 Å². The monoisotopic (exact) mass is 400 g/mol. The lowest BCUT2D eigenvalue weighted by Gasteiger charge is -2.36. The number of hydrogen-bond donors (Lipinski definition) is 0. The fourth-order valence-corrected chi connectivity index (χ4v) is 3.72. The Morgan fingerprint density at radius 2 is 1.45 bits per heavy atom. The van der Waals surface area contributed by atoms with E-state index in [1.165, 1.54) is 5.69 Å². The minimum atomic E-state index is -0.596. The number of amides is 2. The molecule has 0 bridgehead atoms. The zero-order valence-electron chi connectivity index (χ0n) is 17.7. The quantitative estimate of drug-likeness (QED) is 0.712. The first-order valence-electron chi connectivity index (χ1n) is 10.5. The van der Waals surface area contributed by atoms with Crippen molar-refractivity contribution in [1.29, 1.82) is 0 Å². The van der Waals surface area contributed by atoms with Gasteiger partial charge in [-0.05, 0) is 19.1 Å². The minimum absolute atomic E-state index is 0.0183. The number of rotatable bonds is 5. The normalized spacial score (nSPS) is 18.6. The standard InChI is InChI=1S/C22H32N4O3/c1-17(2)21(27)25-11-9-19(10-12-25)23-29-18(3)22(28)26-15-13-24(14-16-26)20-7-5-4-6-8-20/h4-8,17-18H,9-16H2,1-3H3. The van der Waals surface area contributed by atoms with E-state index in [1.54, 1.807) is 6.92 Å². The average molecular weight is 401 g/mol. The van der Waals surface area contributed by atoms with Gasteiger partial charge < -0.3 is 19.5 Å². The fraction of sp³-hybridized carbons (Fsp3) is 0.591. The van der Waals surface area contributed by atoms with Crippen LogP contribution in [0, 0.1) is 5.92 Å². The Labute approximate surface area is 173 Å². The summed E-state index contributed by atoms with van der Waals surface area (Å²) in [7, 11) is 0. The number of hydrogen-bond acceptors (Lipinski definition) is 5. The Morgan fingerprint density at radius 1 is 0.862 bits per heavy atom. The van der Waals surface area contributed by atoms with Crippen LogP contribution < -0.4 is 4.90 Å². The second-order valence-electron chi connectivity index (χ2n) is 8.03. The maximum Gasteiger partial charge on any atom is 0.266 e. The van der Waals surface area contributed by atoms with E-state index < -0.39 is 6.10 Å². The van der Waals surface area contributed by atoms with E-state index in [-0.39, 0.29) is 17.7 Å². The molecule has 2 amide bonds. The Hall–Kier alpha value is -2.57. The molecule has 0 aliphatic carbocycles. The molecule has 1 aromatic rings. The van der Waals surface area contributed by atoms with Gasteiger partial charge in [-0.25, -0.2) is 0 Å². The van der Waals surface area contributed by atoms with Gasteiger partial charge in [0.1, 0.15) is 0 Å². The molecule has 0 aromatic heterocycles. The Kier molecular flexibility index (Phi) is 7.12. The van der Waals surface area contributed by atoms with Crippen LogP contribution in [0.25, 0.3) is 0 Å². The predicted molar refractivity (Wildman–Crippen MR) is 114 cm³/mol. The lowest BCUT2D eigenvalue weighted by atomic mass is 10.1. The summed E-state index contributed by atoms with van der Waals surface area (Å²) in [5, 5.41) is 4.22. The molecule has 1 atom stereocenters. The number of carbonyl (C=O) groups is 2. The molecule has 7 nitrogen and oxygen atoms in total. The highest BCUT2D eigenvalue weighted by molar-refractivity contribution is 5.88. The van der Waals surface area contributed by atoms with Gasteiger partial charge in [0.25, 0.3) is 5.91 Å². The molecule has 2 saturated heterocycles. The van der Waals surface area contributed by atoms with Gasteiger partial charge in [-0.2, -0.15) is 0 Å². The van der Waals surface area contributed by atoms with Gasteiger partial charge in [-0.3, -0.25) is 9.59 Å². The van der Waals surface area contributed by atoms with Crippen LogP contribution in [0.5, 0.6) is 0 Å². The number of likely N-dealkylation sites (tertiary alicyclic amines) is 1. The van der Waals surface area contributed by atoms with Crippen LogP contribution in [0.1, 0.15) is 33.6 Å². The maximum atomic E-state index is 12.7. The third kappa shape index (κ3) is 5.49. The van der Waals surface area contributed by atoms with Gasteiger partial charge in [0.05, 0.1) is 5.71 Å². The molecule has 2 aliphatic heterocycles. The van der Waals surface area contributed by atoms with Crippen molar-refractivity contribution in [3.63, 3.8) is 0 Å². The molecule has 2 aliphatic rings. The molecule has 2 heterocycles. The van der Waals surface area contributed by atoms with Crippen LogP contribution in [0.15, 0.2) is 35.5 Å². The summed E-state index contributed by atoms with van der Waals surface area (Å²) < 4.78 is 0. The van der Waals surface area contributed by atoms with Crippen molar-refractivity contribution in [2.45, 2.75) is 39.7 Å². The summed E-state index contributed by atoms with van der Waals surface area (Å²) in [4.78, 5) is 36.3. The van der Waals surface area contributed by atoms with Crippen LogP contribution in [-0.2, 0) is 14.4 Å². The Morgan fingerprint density at radius 3 is 2.03 bits per heavy atom. The number of piperazine rings is 1. The molecule has 0 radical (unpaired) electrons. The summed E-state index contributed by atoms with van der Waals surface area (Å²) in [5.74, 6) is 0.183. The van der Waals surface area contributed by atoms with E-state index in [9.17, 15) is 9.59 Å². The average Bonchev–Trinajstić information content (AvgIpc) is 2.77. The lowest BCUT2D eigenvalue weighted by molar-refractivity contribution is -0.142. The molecule has 3 rings (SSSR count). The Bertz CT molecular complexity index is 717. The maximum absolute atomic E-state index is 12.7. The zero-order valence-corrected chi connectivity index (χ0v) is 17.7. The fourth-order valence-electron chi connectivity index (χ4n) is 3.72. The number of piperidine rings is 1. The van der Waals surface area contributed by atoms with E-state index in [2.05, 4.69) is 22.2 Å². The molecule has 0 N–H and O–H groups in total. The van der Waals surface area contributed by atoms with Gasteiger partial charge in [0, 0.05) is 63.7 Å². The first kappa shape index (κ1) is 21.1. The number of benzene rings is 1. The van der Waals surface area contributed by atoms with Crippen molar-refractivity contribution in [2.24, 2.45) is 11.1 Å². The van der Waals surface area contributed by atoms with Crippen molar-refractivity contribution in [3.8, 4) is 0 Å². The highest BCUT2D eigenvalue weighted by atomic mass is 16.6. The molecule has 29 heavy (non-hydrogen) atoms. The number of oxime groups is 1. The first-order valence-corrected chi connectivity index (χ1v) is 10.5. The summed E-state index contributed by atoms with van der Waals surface area (Å²) in [5.41, 5.74) is 2.11. The number of nitrogens with zero attached hydrogens (tertiary/aromatic N) is 4. The van der Waals surface area contributed by atoms with Gasteiger partial charge in [0.15, 0.2) is 0 Å². The molecule has 0 spiro atoms. The summed E-state index contributed by atoms with van der Waals surface area (Å²) in [6.45, 7) is 9.94. The highest BCUT2D eigenvalue weighted by Crippen LogP contribution is 2.17. The number of carbonyl (C=O) groups excluding carboxylic acids is 2. The molecule has 2 fully saturated rings. The summed E-state index contributed by atoms with van der Waals surface area (Å²) in [6.07, 6.45) is 0.811. The van der Waals surface area contributed by atoms with E-state index in [4.69, 9.17) is 4.84 Å². The van der Waals surface area contributed by atoms with Gasteiger partial charge in [-0.15, -0.1) is 0 Å². The summed E-state index contributed by atoms with van der Waals surface area (Å²) in [6, 6.07) is 10.3. The highest BCUT2D eigenvalue weighted by Gasteiger charge is 2.27. The zero-order chi connectivity index (χ0) is 20.8. The van der Waals surface area contributed by atoms with Crippen LogP contribution >= 0.6 is 0 Å². The molecule has 1 unspecified atom stereocenters. The van der Waals surface area contributed by atoms with Crippen LogP contribution in [0.3, 0.4) is 0 Å². The third-order valence-electron chi connectivity index (χ3n) is 5.55. The van der Waals surface area contributed by atoms with Crippen LogP contribution in [0.2, 0.25) is 0 Å². The van der Waals surface area contributed by atoms with E-state index >= 15 is 0 Å². The smallest absolute Gasteiger partial charge is 0.266 e.